The fraction of sp³-hybridized carbons (Fsp3) is 0.739. The number of nitriles is 5. The van der Waals surface area contributed by atoms with Crippen LogP contribution in [0.25, 0.3) is 0 Å². The second-order valence-electron chi connectivity index (χ2n) is 8.38. The molecule has 0 radical (unpaired) electrons. The van der Waals surface area contributed by atoms with Gasteiger partial charge in [-0.05, 0) is 0 Å². The summed E-state index contributed by atoms with van der Waals surface area (Å²) in [5, 5.41) is 44.7. The Kier molecular flexibility index (Phi) is 16.0. The quantitative estimate of drug-likeness (QED) is 0.206. The molecule has 0 aromatic rings. The Labute approximate surface area is 214 Å². The van der Waals surface area contributed by atoms with Crippen LogP contribution >= 0.6 is 0 Å². The SMILES string of the molecule is N#CCN(CC#N)CCN(CC#N)CCN1CCN(CCN(CCN)CCN(CC#N)CC#N)C1=O. The van der Waals surface area contributed by atoms with Crippen LogP contribution in [0, 0.1) is 56.7 Å². The Hall–Kier alpha value is -3.48. The zero-order chi connectivity index (χ0) is 26.6. The van der Waals surface area contributed by atoms with E-state index in [-0.39, 0.29) is 38.8 Å². The van der Waals surface area contributed by atoms with Gasteiger partial charge < -0.3 is 15.5 Å². The third-order valence-electron chi connectivity index (χ3n) is 5.93. The minimum atomic E-state index is -0.0363. The fourth-order valence-corrected chi connectivity index (χ4v) is 3.85. The number of carbonyl (C=O) groups excluding carboxylic acids is 1. The monoisotopic (exact) mass is 496 g/mol. The molecule has 0 spiro atoms. The predicted octanol–water partition coefficient (Wildman–Crippen LogP) is -1.49. The van der Waals surface area contributed by atoms with Crippen LogP contribution in [0.1, 0.15) is 0 Å². The maximum absolute atomic E-state index is 12.9. The second kappa shape index (κ2) is 18.8. The number of rotatable bonds is 19. The summed E-state index contributed by atoms with van der Waals surface area (Å²) in [6.07, 6.45) is 0. The van der Waals surface area contributed by atoms with Crippen LogP contribution in [-0.4, -0.2) is 147 Å². The molecule has 2 amide bonds. The molecule has 0 aliphatic carbocycles. The van der Waals surface area contributed by atoms with Crippen molar-refractivity contribution in [2.75, 3.05) is 111 Å². The van der Waals surface area contributed by atoms with E-state index in [0.717, 1.165) is 0 Å². The van der Waals surface area contributed by atoms with Crippen LogP contribution in [0.3, 0.4) is 0 Å². The normalized spacial score (nSPS) is 13.2. The molecule has 13 nitrogen and oxygen atoms in total. The fourth-order valence-electron chi connectivity index (χ4n) is 3.85. The molecule has 0 unspecified atom stereocenters. The first-order valence-corrected chi connectivity index (χ1v) is 12.0. The lowest BCUT2D eigenvalue weighted by molar-refractivity contribution is 0.171. The highest BCUT2D eigenvalue weighted by Gasteiger charge is 2.28. The molecular formula is C23H36N12O. The Morgan fingerprint density at radius 3 is 1.36 bits per heavy atom. The van der Waals surface area contributed by atoms with E-state index in [2.05, 4.69) is 23.1 Å². The molecule has 0 aromatic carbocycles. The number of nitrogens with two attached hydrogens (primary N) is 1. The molecule has 2 N–H and O–H groups in total. The molecule has 1 aliphatic rings. The zero-order valence-corrected chi connectivity index (χ0v) is 20.9. The van der Waals surface area contributed by atoms with E-state index >= 15 is 0 Å². The lowest BCUT2D eigenvalue weighted by Gasteiger charge is -2.27. The average molecular weight is 497 g/mol. The van der Waals surface area contributed by atoms with Crippen molar-refractivity contribution < 1.29 is 4.79 Å². The smallest absolute Gasteiger partial charge is 0.320 e. The molecule has 1 fully saturated rings. The first-order chi connectivity index (χ1) is 17.5. The van der Waals surface area contributed by atoms with Crippen LogP contribution in [-0.2, 0) is 0 Å². The molecule has 0 aromatic heterocycles. The Morgan fingerprint density at radius 1 is 0.583 bits per heavy atom. The third-order valence-corrected chi connectivity index (χ3v) is 5.93. The van der Waals surface area contributed by atoms with E-state index in [1.807, 2.05) is 21.9 Å². The van der Waals surface area contributed by atoms with Gasteiger partial charge in [-0.3, -0.25) is 19.6 Å². The number of hydrogen-bond donors (Lipinski definition) is 1. The topological polar surface area (TPSA) is 181 Å². The second-order valence-corrected chi connectivity index (χ2v) is 8.38. The highest BCUT2D eigenvalue weighted by molar-refractivity contribution is 5.76. The zero-order valence-electron chi connectivity index (χ0n) is 20.9. The predicted molar refractivity (Wildman–Crippen MR) is 131 cm³/mol. The van der Waals surface area contributed by atoms with Gasteiger partial charge in [0.05, 0.1) is 63.1 Å². The molecule has 194 valence electrons. The maximum Gasteiger partial charge on any atom is 0.320 e. The number of hydrogen-bond acceptors (Lipinski definition) is 11. The summed E-state index contributed by atoms with van der Waals surface area (Å²) in [7, 11) is 0. The Morgan fingerprint density at radius 2 is 0.944 bits per heavy atom. The first kappa shape index (κ1) is 30.6. The Balaban J connectivity index is 2.51. The average Bonchev–Trinajstić information content (AvgIpc) is 3.22. The van der Waals surface area contributed by atoms with Gasteiger partial charge in [-0.15, -0.1) is 0 Å². The number of carbonyl (C=O) groups is 1. The van der Waals surface area contributed by atoms with Crippen molar-refractivity contribution in [2.45, 2.75) is 0 Å². The number of amides is 2. The van der Waals surface area contributed by atoms with Crippen LogP contribution < -0.4 is 5.73 Å². The standard InChI is InChI=1S/C23H36N12O/c24-1-7-30(8-2-25)13-15-32(11-5-28)17-19-34-21-22-35(23(34)36)20-18-33(12-6-29)16-14-31(9-3-26)10-4-27/h5,7-22,28H2. The Bertz CT molecular complexity index is 829. The van der Waals surface area contributed by atoms with E-state index in [1.54, 1.807) is 14.7 Å². The van der Waals surface area contributed by atoms with Crippen molar-refractivity contribution in [3.05, 3.63) is 0 Å². The van der Waals surface area contributed by atoms with Crippen molar-refractivity contribution >= 4 is 6.03 Å². The summed E-state index contributed by atoms with van der Waals surface area (Å²) in [5.74, 6) is 0. The van der Waals surface area contributed by atoms with E-state index in [4.69, 9.17) is 32.0 Å². The summed E-state index contributed by atoms with van der Waals surface area (Å²) in [4.78, 5) is 24.0. The van der Waals surface area contributed by atoms with Crippen LogP contribution in [0.15, 0.2) is 0 Å². The van der Waals surface area contributed by atoms with Gasteiger partial charge in [0.25, 0.3) is 0 Å². The lowest BCUT2D eigenvalue weighted by Crippen LogP contribution is -2.44. The highest BCUT2D eigenvalue weighted by Crippen LogP contribution is 2.09. The van der Waals surface area contributed by atoms with Gasteiger partial charge in [-0.1, -0.05) is 0 Å². The molecule has 1 heterocycles. The van der Waals surface area contributed by atoms with Crippen molar-refractivity contribution in [1.82, 2.24) is 29.4 Å². The van der Waals surface area contributed by atoms with Gasteiger partial charge in [0.15, 0.2) is 0 Å². The summed E-state index contributed by atoms with van der Waals surface area (Å²) >= 11 is 0. The lowest BCUT2D eigenvalue weighted by atomic mass is 10.4. The molecule has 36 heavy (non-hydrogen) atoms. The minimum Gasteiger partial charge on any atom is -0.329 e. The molecule has 0 bridgehead atoms. The highest BCUT2D eigenvalue weighted by atomic mass is 16.2. The van der Waals surface area contributed by atoms with E-state index < -0.39 is 0 Å². The van der Waals surface area contributed by atoms with E-state index in [1.165, 1.54) is 0 Å². The first-order valence-electron chi connectivity index (χ1n) is 12.0. The van der Waals surface area contributed by atoms with Gasteiger partial charge in [-0.2, -0.15) is 26.3 Å². The molecular weight excluding hydrogens is 460 g/mol. The van der Waals surface area contributed by atoms with Gasteiger partial charge in [0.1, 0.15) is 0 Å². The molecule has 0 saturated carbocycles. The molecule has 1 saturated heterocycles. The van der Waals surface area contributed by atoms with Gasteiger partial charge in [0, 0.05) is 78.5 Å². The maximum atomic E-state index is 12.9. The van der Waals surface area contributed by atoms with Gasteiger partial charge in [-0.25, -0.2) is 4.79 Å². The van der Waals surface area contributed by atoms with Crippen molar-refractivity contribution in [3.8, 4) is 30.3 Å². The summed E-state index contributed by atoms with van der Waals surface area (Å²) < 4.78 is 0. The molecule has 1 rings (SSSR count). The van der Waals surface area contributed by atoms with E-state index in [0.29, 0.717) is 78.5 Å². The van der Waals surface area contributed by atoms with Gasteiger partial charge >= 0.3 is 6.03 Å². The number of nitrogens with zero attached hydrogens (tertiary/aromatic N) is 11. The van der Waals surface area contributed by atoms with Gasteiger partial charge in [0.2, 0.25) is 0 Å². The summed E-state index contributed by atoms with van der Waals surface area (Å²) in [5.41, 5.74) is 5.74. The van der Waals surface area contributed by atoms with Crippen molar-refractivity contribution in [2.24, 2.45) is 5.73 Å². The van der Waals surface area contributed by atoms with E-state index in [9.17, 15) is 4.79 Å². The van der Waals surface area contributed by atoms with Crippen LogP contribution in [0.4, 0.5) is 4.79 Å². The largest absolute Gasteiger partial charge is 0.329 e. The third kappa shape index (κ3) is 11.8. The van der Waals surface area contributed by atoms with Crippen molar-refractivity contribution in [3.63, 3.8) is 0 Å². The molecule has 0 atom stereocenters. The minimum absolute atomic E-state index is 0.0363. The summed E-state index contributed by atoms with van der Waals surface area (Å²) in [6, 6.07) is 10.3. The van der Waals surface area contributed by atoms with Crippen molar-refractivity contribution in [1.29, 1.82) is 26.3 Å². The van der Waals surface area contributed by atoms with Crippen LogP contribution in [0.2, 0.25) is 0 Å². The summed E-state index contributed by atoms with van der Waals surface area (Å²) in [6.45, 7) is 7.81. The van der Waals surface area contributed by atoms with Crippen LogP contribution in [0.5, 0.6) is 0 Å². The number of urea groups is 1. The molecule has 1 aliphatic heterocycles. The molecule has 13 heteroatoms.